The molecule has 1 aliphatic heterocycles. The number of ether oxygens (including phenoxy) is 3. The van der Waals surface area contributed by atoms with E-state index in [9.17, 15) is 33.3 Å². The molecule has 1 heterocycles. The number of nitrogens with one attached hydrogen (secondary N) is 1. The van der Waals surface area contributed by atoms with E-state index in [1.54, 1.807) is 6.08 Å². The van der Waals surface area contributed by atoms with E-state index >= 15 is 0 Å². The first-order chi connectivity index (χ1) is 19.6. The van der Waals surface area contributed by atoms with Crippen molar-refractivity contribution in [3.8, 4) is 5.75 Å². The minimum absolute atomic E-state index is 0.0616. The number of methoxy groups -OCH3 is 2. The highest BCUT2D eigenvalue weighted by molar-refractivity contribution is 7.77. The van der Waals surface area contributed by atoms with Crippen molar-refractivity contribution in [2.24, 2.45) is 0 Å². The van der Waals surface area contributed by atoms with Crippen LogP contribution < -0.4 is 10.1 Å². The Morgan fingerprint density at radius 3 is 2.15 bits per heavy atom. The van der Waals surface area contributed by atoms with Gasteiger partial charge in [-0.05, 0) is 42.6 Å². The van der Waals surface area contributed by atoms with Gasteiger partial charge in [0.1, 0.15) is 11.8 Å². The Morgan fingerprint density at radius 1 is 1.12 bits per heavy atom. The zero-order chi connectivity index (χ0) is 31.7. The summed E-state index contributed by atoms with van der Waals surface area (Å²) in [6.07, 6.45) is 0.443. The Balaban J connectivity index is 0.00000210. The lowest BCUT2D eigenvalue weighted by Gasteiger charge is -2.36. The van der Waals surface area contributed by atoms with Crippen molar-refractivity contribution >= 4 is 41.9 Å². The molecule has 1 atom stereocenters. The maximum absolute atomic E-state index is 14.0. The minimum atomic E-state index is -1.58. The summed E-state index contributed by atoms with van der Waals surface area (Å²) < 4.78 is 42.5. The molecule has 14 heteroatoms. The van der Waals surface area contributed by atoms with Gasteiger partial charge in [0.25, 0.3) is 5.69 Å². The number of nitrogens with zero attached hydrogens (tertiary/aromatic N) is 2. The van der Waals surface area contributed by atoms with Crippen molar-refractivity contribution in [2.75, 3.05) is 20.8 Å². The molecule has 3 amide bonds. The first kappa shape index (κ1) is 36.4. The monoisotopic (exact) mass is 595 g/mol. The number of imide groups is 1. The van der Waals surface area contributed by atoms with Gasteiger partial charge in [0.05, 0.1) is 29.9 Å². The van der Waals surface area contributed by atoms with E-state index < -0.39 is 40.7 Å². The first-order valence-electron chi connectivity index (χ1n) is 11.8. The number of hydrogen-bond acceptors (Lipinski definition) is 9. The Bertz CT molecular complexity index is 1260. The molecule has 0 radical (unpaired) electrons. The minimum Gasteiger partial charge on any atom is -0.466 e. The standard InChI is InChI=1S/C21H17F2N3O8.C3H6.C2H6.CH2S/c1-32-10-16-17(19(27)33-2)18(11-3-8-14(22)15(23)9-11)25(20(28)24-16)21(29)34-13-6-4-12(5-7-13)26(30)31;1-3-2;2*1-2/h3-9,18H,10H2,1-2H3,(H,24,28);3H,1H2,2H3;1-2H3;1H2. The maximum atomic E-state index is 14.0. The van der Waals surface area contributed by atoms with Gasteiger partial charge in [-0.15, -0.1) is 6.58 Å². The average Bonchev–Trinajstić information content (AvgIpc) is 2.96. The Labute approximate surface area is 241 Å². The molecule has 0 aromatic heterocycles. The number of carbonyl (C=O) groups excluding carboxylic acids is 3. The second-order valence-corrected chi connectivity index (χ2v) is 7.22. The van der Waals surface area contributed by atoms with Crippen LogP contribution in [0.25, 0.3) is 0 Å². The second-order valence-electron chi connectivity index (χ2n) is 7.22. The summed E-state index contributed by atoms with van der Waals surface area (Å²) in [4.78, 5) is 49.1. The lowest BCUT2D eigenvalue weighted by atomic mass is 9.93. The van der Waals surface area contributed by atoms with Gasteiger partial charge in [0.2, 0.25) is 0 Å². The third-order valence-electron chi connectivity index (χ3n) is 4.74. The topological polar surface area (TPSA) is 137 Å². The summed E-state index contributed by atoms with van der Waals surface area (Å²) in [7, 11) is 2.34. The number of nitro benzene ring substituents is 1. The fraction of sp³-hybridized carbons (Fsp3) is 0.259. The largest absolute Gasteiger partial charge is 0.466 e. The number of amides is 3. The first-order valence-corrected chi connectivity index (χ1v) is 12.3. The molecule has 1 aliphatic rings. The summed E-state index contributed by atoms with van der Waals surface area (Å²) >= 11 is 3.83. The fourth-order valence-corrected chi connectivity index (χ4v) is 3.24. The van der Waals surface area contributed by atoms with Gasteiger partial charge in [0, 0.05) is 19.2 Å². The van der Waals surface area contributed by atoms with Crippen LogP contribution in [0.4, 0.5) is 24.1 Å². The molecular formula is C27H31F2N3O8S. The molecule has 2 aromatic carbocycles. The summed E-state index contributed by atoms with van der Waals surface area (Å²) in [5.74, 6) is -0.775. The van der Waals surface area contributed by atoms with Crippen LogP contribution in [0.2, 0.25) is 0 Å². The molecular weight excluding hydrogens is 564 g/mol. The summed E-state index contributed by atoms with van der Waals surface area (Å²) in [5, 5.41) is 13.1. The summed E-state index contributed by atoms with van der Waals surface area (Å²) in [6.45, 7) is 8.97. The van der Waals surface area contributed by atoms with E-state index in [1.807, 2.05) is 20.8 Å². The van der Waals surface area contributed by atoms with Crippen LogP contribution >= 0.6 is 12.2 Å². The number of esters is 1. The molecule has 0 aliphatic carbocycles. The predicted molar refractivity (Wildman–Crippen MR) is 151 cm³/mol. The molecule has 1 unspecified atom stereocenters. The SMILES string of the molecule is C=CC.C=S.CC.COCC1=C(C(=O)OC)C(c2ccc(F)c(F)c2)N(C(=O)Oc2ccc([N+](=O)[O-])cc2)C(=O)N1. The van der Waals surface area contributed by atoms with Gasteiger partial charge in [0.15, 0.2) is 11.6 Å². The van der Waals surface area contributed by atoms with Gasteiger partial charge < -0.3 is 19.5 Å². The zero-order valence-electron chi connectivity index (χ0n) is 23.1. The van der Waals surface area contributed by atoms with Crippen LogP contribution in [-0.2, 0) is 14.3 Å². The van der Waals surface area contributed by atoms with Gasteiger partial charge >= 0.3 is 18.1 Å². The van der Waals surface area contributed by atoms with Crippen LogP contribution in [0.1, 0.15) is 32.4 Å². The van der Waals surface area contributed by atoms with Crippen molar-refractivity contribution in [3.05, 3.63) is 93.7 Å². The number of halogens is 2. The number of non-ortho nitro benzene ring substituents is 1. The predicted octanol–water partition coefficient (Wildman–Crippen LogP) is 6.05. The van der Waals surface area contributed by atoms with Crippen molar-refractivity contribution in [2.45, 2.75) is 26.8 Å². The van der Waals surface area contributed by atoms with E-state index in [-0.39, 0.29) is 34.9 Å². The third kappa shape index (κ3) is 9.85. The molecule has 0 spiro atoms. The lowest BCUT2D eigenvalue weighted by molar-refractivity contribution is -0.384. The van der Waals surface area contributed by atoms with Crippen molar-refractivity contribution < 1.29 is 42.3 Å². The Hall–Kier alpha value is -4.56. The number of rotatable bonds is 6. The molecule has 11 nitrogen and oxygen atoms in total. The normalized spacial score (nSPS) is 13.5. The number of urea groups is 1. The molecule has 2 aromatic rings. The maximum Gasteiger partial charge on any atom is 0.424 e. The van der Waals surface area contributed by atoms with Crippen LogP contribution in [0.15, 0.2) is 66.4 Å². The molecule has 0 saturated carbocycles. The van der Waals surface area contributed by atoms with Crippen molar-refractivity contribution in [3.63, 3.8) is 0 Å². The molecule has 41 heavy (non-hydrogen) atoms. The molecule has 3 rings (SSSR count). The number of hydrogen-bond donors (Lipinski definition) is 1. The highest BCUT2D eigenvalue weighted by Gasteiger charge is 2.44. The van der Waals surface area contributed by atoms with Gasteiger partial charge in [-0.25, -0.2) is 28.1 Å². The molecule has 0 saturated heterocycles. The molecule has 1 N–H and O–H groups in total. The third-order valence-corrected chi connectivity index (χ3v) is 4.74. The highest BCUT2D eigenvalue weighted by atomic mass is 32.1. The molecule has 222 valence electrons. The van der Waals surface area contributed by atoms with Gasteiger partial charge in [-0.1, -0.05) is 38.2 Å². The Morgan fingerprint density at radius 2 is 1.68 bits per heavy atom. The Kier molecular flexibility index (Phi) is 16.6. The van der Waals surface area contributed by atoms with E-state index in [0.29, 0.717) is 4.90 Å². The number of thiocarbonyl (C=S) groups is 1. The van der Waals surface area contributed by atoms with E-state index in [0.717, 1.165) is 49.6 Å². The van der Waals surface area contributed by atoms with Gasteiger partial charge in [-0.3, -0.25) is 10.1 Å². The van der Waals surface area contributed by atoms with Crippen molar-refractivity contribution in [1.82, 2.24) is 10.2 Å². The quantitative estimate of drug-likeness (QED) is 0.139. The molecule has 0 bridgehead atoms. The number of carbonyl (C=O) groups is 3. The van der Waals surface area contributed by atoms with Crippen LogP contribution in [0.3, 0.4) is 0 Å². The highest BCUT2D eigenvalue weighted by Crippen LogP contribution is 2.36. The van der Waals surface area contributed by atoms with E-state index in [2.05, 4.69) is 30.0 Å². The van der Waals surface area contributed by atoms with E-state index in [1.165, 1.54) is 7.11 Å². The number of allylic oxidation sites excluding steroid dienone is 1. The lowest BCUT2D eigenvalue weighted by Crippen LogP contribution is -2.53. The fourth-order valence-electron chi connectivity index (χ4n) is 3.24. The average molecular weight is 596 g/mol. The smallest absolute Gasteiger partial charge is 0.424 e. The van der Waals surface area contributed by atoms with E-state index in [4.69, 9.17) is 14.2 Å². The number of nitro groups is 1. The van der Waals surface area contributed by atoms with Crippen LogP contribution in [-0.4, -0.2) is 54.6 Å². The van der Waals surface area contributed by atoms with Crippen molar-refractivity contribution in [1.29, 1.82) is 0 Å². The molecule has 0 fully saturated rings. The second kappa shape index (κ2) is 18.7. The van der Waals surface area contributed by atoms with Crippen LogP contribution in [0.5, 0.6) is 5.75 Å². The zero-order valence-corrected chi connectivity index (χ0v) is 24.0. The van der Waals surface area contributed by atoms with Crippen LogP contribution in [0, 0.1) is 21.7 Å². The van der Waals surface area contributed by atoms with Gasteiger partial charge in [-0.2, -0.15) is 0 Å². The number of benzene rings is 2. The summed E-state index contributed by atoms with van der Waals surface area (Å²) in [6, 6.07) is 4.33. The summed E-state index contributed by atoms with van der Waals surface area (Å²) in [5.41, 5.74) is -0.747.